The van der Waals surface area contributed by atoms with Gasteiger partial charge in [0.1, 0.15) is 0 Å². The van der Waals surface area contributed by atoms with Crippen molar-refractivity contribution in [2.24, 2.45) is 4.99 Å². The Bertz CT molecular complexity index is 564. The van der Waals surface area contributed by atoms with Gasteiger partial charge in [-0.15, -0.1) is 0 Å². The number of ether oxygens (including phenoxy) is 2. The van der Waals surface area contributed by atoms with Crippen LogP contribution >= 0.6 is 0 Å². The zero-order valence-corrected chi connectivity index (χ0v) is 16.7. The van der Waals surface area contributed by atoms with Gasteiger partial charge >= 0.3 is 6.16 Å². The molecule has 0 N–H and O–H groups in total. The Kier molecular flexibility index (Phi) is 9.66. The van der Waals surface area contributed by atoms with E-state index in [1.165, 1.54) is 0 Å². The number of carbonyl (C=O) groups is 1. The number of nitrogens with zero attached hydrogens (tertiary/aromatic N) is 2. The molecule has 1 heterocycles. The van der Waals surface area contributed by atoms with Crippen LogP contribution in [0.5, 0.6) is 0 Å². The maximum absolute atomic E-state index is 12.0. The van der Waals surface area contributed by atoms with Crippen LogP contribution in [0.25, 0.3) is 0 Å². The summed E-state index contributed by atoms with van der Waals surface area (Å²) < 4.78 is 10.7. The van der Waals surface area contributed by atoms with Gasteiger partial charge in [0.15, 0.2) is 5.60 Å². The summed E-state index contributed by atoms with van der Waals surface area (Å²) >= 11 is 0. The molecule has 0 saturated carbocycles. The van der Waals surface area contributed by atoms with Crippen molar-refractivity contribution < 1.29 is 14.3 Å². The second kappa shape index (κ2) is 11.5. The smallest absolute Gasteiger partial charge is 0.434 e. The summed E-state index contributed by atoms with van der Waals surface area (Å²) in [5.74, 6) is 0. The molecule has 0 fully saturated rings. The highest BCUT2D eigenvalue weighted by molar-refractivity contribution is 5.78. The van der Waals surface area contributed by atoms with E-state index in [0.717, 1.165) is 37.3 Å². The van der Waals surface area contributed by atoms with Crippen LogP contribution in [0.2, 0.25) is 0 Å². The topological polar surface area (TPSA) is 51.1 Å². The molecule has 0 aromatic carbocycles. The van der Waals surface area contributed by atoms with Gasteiger partial charge in [0.05, 0.1) is 18.5 Å². The van der Waals surface area contributed by atoms with Crippen LogP contribution in [0.3, 0.4) is 0 Å². The van der Waals surface area contributed by atoms with Gasteiger partial charge in [-0.2, -0.15) is 0 Å². The monoisotopic (exact) mass is 360 g/mol. The average molecular weight is 360 g/mol. The molecule has 0 aromatic rings. The quantitative estimate of drug-likeness (QED) is 0.443. The van der Waals surface area contributed by atoms with Gasteiger partial charge in [-0.1, -0.05) is 38.2 Å². The van der Waals surface area contributed by atoms with E-state index in [4.69, 9.17) is 9.47 Å². The van der Waals surface area contributed by atoms with Gasteiger partial charge in [-0.05, 0) is 58.0 Å². The van der Waals surface area contributed by atoms with Crippen LogP contribution in [0.15, 0.2) is 52.7 Å². The molecule has 144 valence electrons. The van der Waals surface area contributed by atoms with Crippen molar-refractivity contribution in [1.29, 1.82) is 0 Å². The maximum Gasteiger partial charge on any atom is 0.509 e. The summed E-state index contributed by atoms with van der Waals surface area (Å²) in [6.07, 6.45) is 13.3. The van der Waals surface area contributed by atoms with Gasteiger partial charge in [0, 0.05) is 6.54 Å². The number of allylic oxidation sites excluding steroid dienone is 6. The summed E-state index contributed by atoms with van der Waals surface area (Å²) in [5, 5.41) is 0. The molecule has 1 rings (SSSR count). The summed E-state index contributed by atoms with van der Waals surface area (Å²) in [6.45, 7) is 13.2. The third-order valence-electron chi connectivity index (χ3n) is 4.06. The average Bonchev–Trinajstić information content (AvgIpc) is 2.76. The fraction of sp³-hybridized carbons (Fsp3) is 0.524. The predicted molar refractivity (Wildman–Crippen MR) is 108 cm³/mol. The molecule has 0 spiro atoms. The van der Waals surface area contributed by atoms with Gasteiger partial charge in [0.2, 0.25) is 0 Å². The molecule has 5 nitrogen and oxygen atoms in total. The van der Waals surface area contributed by atoms with Gasteiger partial charge in [-0.3, -0.25) is 4.99 Å². The molecule has 0 radical (unpaired) electrons. The zero-order valence-electron chi connectivity index (χ0n) is 16.7. The molecule has 0 aliphatic carbocycles. The Labute approximate surface area is 157 Å². The highest BCUT2D eigenvalue weighted by atomic mass is 16.7. The molecule has 1 aliphatic heterocycles. The molecular formula is C21H32N2O3. The maximum atomic E-state index is 12.0. The van der Waals surface area contributed by atoms with E-state index >= 15 is 0 Å². The van der Waals surface area contributed by atoms with Crippen molar-refractivity contribution in [1.82, 2.24) is 4.90 Å². The predicted octanol–water partition coefficient (Wildman–Crippen LogP) is 4.68. The Morgan fingerprint density at radius 2 is 1.92 bits per heavy atom. The van der Waals surface area contributed by atoms with E-state index < -0.39 is 11.8 Å². The minimum absolute atomic E-state index is 0.345. The lowest BCUT2D eigenvalue weighted by atomic mass is 10.1. The largest absolute Gasteiger partial charge is 0.509 e. The van der Waals surface area contributed by atoms with Crippen LogP contribution in [-0.4, -0.2) is 49.1 Å². The standard InChI is InChI=1S/C21H32N2O3/c1-6-11-18-13-14-21(5,17-22-19(18)12-7-2)26-20(24)25-16-10-15-23(8-3)9-4/h6-7,11-14,17H,8-10,15-16H2,1-5H3/b11-6-,12-7-. The number of hydrogen-bond acceptors (Lipinski definition) is 5. The Morgan fingerprint density at radius 3 is 2.54 bits per heavy atom. The Balaban J connectivity index is 2.63. The molecule has 0 amide bonds. The molecule has 1 unspecified atom stereocenters. The van der Waals surface area contributed by atoms with E-state index in [-0.39, 0.29) is 0 Å². The first-order valence-corrected chi connectivity index (χ1v) is 9.30. The first kappa shape index (κ1) is 21.9. The summed E-state index contributed by atoms with van der Waals surface area (Å²) in [5.41, 5.74) is 0.843. The van der Waals surface area contributed by atoms with Crippen molar-refractivity contribution in [3.63, 3.8) is 0 Å². The van der Waals surface area contributed by atoms with Crippen molar-refractivity contribution in [3.05, 3.63) is 47.7 Å². The molecule has 1 atom stereocenters. The third-order valence-corrected chi connectivity index (χ3v) is 4.06. The van der Waals surface area contributed by atoms with E-state index in [1.807, 2.05) is 50.3 Å². The van der Waals surface area contributed by atoms with Crippen LogP contribution < -0.4 is 0 Å². The number of carbonyl (C=O) groups excluding carboxylic acids is 1. The lowest BCUT2D eigenvalue weighted by Gasteiger charge is -2.21. The lowest BCUT2D eigenvalue weighted by Crippen LogP contribution is -2.32. The van der Waals surface area contributed by atoms with Crippen LogP contribution in [0.4, 0.5) is 4.79 Å². The molecule has 5 heteroatoms. The summed E-state index contributed by atoms with van der Waals surface area (Å²) in [4.78, 5) is 18.8. The number of rotatable bonds is 9. The van der Waals surface area contributed by atoms with Crippen molar-refractivity contribution >= 4 is 12.4 Å². The summed E-state index contributed by atoms with van der Waals surface area (Å²) in [6, 6.07) is 0. The SMILES string of the molecule is C/C=C\C1=C(/C=C\C)N=CC(C)(OC(=O)OCCCN(CC)CC)C=C1. The van der Waals surface area contributed by atoms with Crippen LogP contribution in [0, 0.1) is 0 Å². The van der Waals surface area contributed by atoms with Crippen molar-refractivity contribution in [2.45, 2.75) is 46.6 Å². The fourth-order valence-electron chi connectivity index (χ4n) is 2.53. The van der Waals surface area contributed by atoms with Crippen LogP contribution in [-0.2, 0) is 9.47 Å². The van der Waals surface area contributed by atoms with E-state index in [0.29, 0.717) is 6.61 Å². The molecular weight excluding hydrogens is 328 g/mol. The van der Waals surface area contributed by atoms with Gasteiger partial charge < -0.3 is 14.4 Å². The highest BCUT2D eigenvalue weighted by Crippen LogP contribution is 2.21. The van der Waals surface area contributed by atoms with E-state index in [9.17, 15) is 4.79 Å². The van der Waals surface area contributed by atoms with Gasteiger partial charge in [-0.25, -0.2) is 4.79 Å². The molecule has 0 bridgehead atoms. The molecule has 26 heavy (non-hydrogen) atoms. The molecule has 0 saturated heterocycles. The normalized spacial score (nSPS) is 20.4. The number of aliphatic imine (C=N–C) groups is 1. The Morgan fingerprint density at radius 1 is 1.23 bits per heavy atom. The second-order valence-corrected chi connectivity index (χ2v) is 6.20. The van der Waals surface area contributed by atoms with Crippen molar-refractivity contribution in [3.8, 4) is 0 Å². The molecule has 1 aliphatic rings. The van der Waals surface area contributed by atoms with E-state index in [1.54, 1.807) is 13.1 Å². The van der Waals surface area contributed by atoms with Gasteiger partial charge in [0.25, 0.3) is 0 Å². The zero-order chi connectivity index (χ0) is 19.4. The lowest BCUT2D eigenvalue weighted by molar-refractivity contribution is 0.0239. The first-order chi connectivity index (χ1) is 12.5. The fourth-order valence-corrected chi connectivity index (χ4v) is 2.53. The number of hydrogen-bond donors (Lipinski definition) is 0. The molecule has 0 aromatic heterocycles. The second-order valence-electron chi connectivity index (χ2n) is 6.20. The van der Waals surface area contributed by atoms with Crippen LogP contribution in [0.1, 0.15) is 41.0 Å². The minimum atomic E-state index is -0.938. The minimum Gasteiger partial charge on any atom is -0.434 e. The first-order valence-electron chi connectivity index (χ1n) is 9.30. The van der Waals surface area contributed by atoms with Crippen molar-refractivity contribution in [2.75, 3.05) is 26.2 Å². The Hall–Kier alpha value is -2.14. The highest BCUT2D eigenvalue weighted by Gasteiger charge is 2.26. The third kappa shape index (κ3) is 7.40. The van der Waals surface area contributed by atoms with E-state index in [2.05, 4.69) is 23.7 Å². The summed E-state index contributed by atoms with van der Waals surface area (Å²) in [7, 11) is 0.